The molecule has 3 N–H and O–H groups in total. The summed E-state index contributed by atoms with van der Waals surface area (Å²) < 4.78 is 0. The molecule has 28 heavy (non-hydrogen) atoms. The van der Waals surface area contributed by atoms with Gasteiger partial charge in [-0.25, -0.2) is 4.98 Å². The number of nitrogens with two attached hydrogens (primary N) is 1. The zero-order chi connectivity index (χ0) is 19.1. The second-order valence-corrected chi connectivity index (χ2v) is 9.52. The first-order valence-electron chi connectivity index (χ1n) is 9.25. The highest BCUT2D eigenvalue weighted by Gasteiger charge is 2.45. The van der Waals surface area contributed by atoms with Gasteiger partial charge >= 0.3 is 0 Å². The summed E-state index contributed by atoms with van der Waals surface area (Å²) in [5.74, 6) is 0. The smallest absolute Gasteiger partial charge is 0.186 e. The number of nitrogens with zero attached hydrogens (tertiary/aromatic N) is 3. The standard InChI is InChI=1S/C20H20ClN5S2/c21-14-11-23-8-5-16(14)28-17-12-27-19(24-17)26-9-6-20(7-10-26)18(22)13-3-1-2-4-15(13)25-20/h1-5,8,11-12,18,25H,6-7,9-10,22H2/t18-/m1/s1. The third-order valence-corrected chi connectivity index (χ3v) is 8.08. The topological polar surface area (TPSA) is 67.1 Å². The molecule has 0 bridgehead atoms. The quantitative estimate of drug-likeness (QED) is 0.622. The van der Waals surface area contributed by atoms with Crippen molar-refractivity contribution in [2.45, 2.75) is 34.3 Å². The number of nitrogens with one attached hydrogen (secondary N) is 1. The van der Waals surface area contributed by atoms with Crippen LogP contribution >= 0.6 is 34.7 Å². The van der Waals surface area contributed by atoms with Crippen LogP contribution in [-0.4, -0.2) is 28.6 Å². The van der Waals surface area contributed by atoms with Gasteiger partial charge in [0.15, 0.2) is 5.13 Å². The molecule has 0 saturated carbocycles. The highest BCUT2D eigenvalue weighted by atomic mass is 35.5. The van der Waals surface area contributed by atoms with Gasteiger partial charge < -0.3 is 16.0 Å². The average molecular weight is 430 g/mol. The van der Waals surface area contributed by atoms with E-state index in [0.717, 1.165) is 41.0 Å². The third kappa shape index (κ3) is 3.16. The van der Waals surface area contributed by atoms with Crippen LogP contribution in [0.1, 0.15) is 24.4 Å². The van der Waals surface area contributed by atoms with Crippen LogP contribution in [0.2, 0.25) is 5.02 Å². The highest BCUT2D eigenvalue weighted by Crippen LogP contribution is 2.46. The summed E-state index contributed by atoms with van der Waals surface area (Å²) in [5, 5.41) is 8.50. The minimum atomic E-state index is -0.0421. The number of fused-ring (bicyclic) bond motifs is 1. The normalized spacial score (nSPS) is 20.2. The number of para-hydroxylation sites is 1. The van der Waals surface area contributed by atoms with Crippen LogP contribution in [0.25, 0.3) is 0 Å². The van der Waals surface area contributed by atoms with Gasteiger partial charge in [0.1, 0.15) is 5.03 Å². The van der Waals surface area contributed by atoms with Gasteiger partial charge in [0.2, 0.25) is 0 Å². The van der Waals surface area contributed by atoms with E-state index in [1.165, 1.54) is 11.3 Å². The Morgan fingerprint density at radius 3 is 2.86 bits per heavy atom. The summed E-state index contributed by atoms with van der Waals surface area (Å²) >= 11 is 9.48. The molecule has 1 fully saturated rings. The van der Waals surface area contributed by atoms with Gasteiger partial charge in [-0.1, -0.05) is 41.6 Å². The van der Waals surface area contributed by atoms with Crippen LogP contribution < -0.4 is 16.0 Å². The number of aromatic nitrogens is 2. The van der Waals surface area contributed by atoms with E-state index < -0.39 is 0 Å². The Kier molecular flexibility index (Phi) is 4.71. The van der Waals surface area contributed by atoms with E-state index in [1.807, 2.05) is 6.07 Å². The molecule has 5 rings (SSSR count). The van der Waals surface area contributed by atoms with Crippen molar-refractivity contribution in [1.29, 1.82) is 0 Å². The number of benzene rings is 1. The maximum atomic E-state index is 6.63. The molecule has 1 atom stereocenters. The molecule has 3 aromatic rings. The lowest BCUT2D eigenvalue weighted by atomic mass is 9.81. The number of rotatable bonds is 3. The Bertz CT molecular complexity index is 1000. The number of piperidine rings is 1. The minimum absolute atomic E-state index is 0.0421. The molecule has 2 aliphatic rings. The number of halogens is 1. The van der Waals surface area contributed by atoms with Crippen LogP contribution in [0.5, 0.6) is 0 Å². The number of thiazole rings is 1. The van der Waals surface area contributed by atoms with E-state index in [4.69, 9.17) is 22.3 Å². The first-order chi connectivity index (χ1) is 13.6. The van der Waals surface area contributed by atoms with Crippen molar-refractivity contribution >= 4 is 45.5 Å². The lowest BCUT2D eigenvalue weighted by molar-refractivity contribution is 0.323. The van der Waals surface area contributed by atoms with Crippen LogP contribution in [0.3, 0.4) is 0 Å². The van der Waals surface area contributed by atoms with Crippen LogP contribution in [0.4, 0.5) is 10.8 Å². The molecule has 8 heteroatoms. The summed E-state index contributed by atoms with van der Waals surface area (Å²) in [6.45, 7) is 1.89. The second kappa shape index (κ2) is 7.22. The fourth-order valence-corrected chi connectivity index (χ4v) is 6.07. The van der Waals surface area contributed by atoms with Crippen LogP contribution in [0.15, 0.2) is 58.0 Å². The maximum absolute atomic E-state index is 6.63. The molecule has 1 saturated heterocycles. The predicted molar refractivity (Wildman–Crippen MR) is 117 cm³/mol. The van der Waals surface area contributed by atoms with Crippen molar-refractivity contribution in [2.24, 2.45) is 5.73 Å². The zero-order valence-electron chi connectivity index (χ0n) is 15.1. The van der Waals surface area contributed by atoms with Crippen molar-refractivity contribution in [3.05, 3.63) is 58.7 Å². The molecule has 2 aliphatic heterocycles. The summed E-state index contributed by atoms with van der Waals surface area (Å²) in [6.07, 6.45) is 5.42. The van der Waals surface area contributed by atoms with Gasteiger partial charge in [-0.15, -0.1) is 11.3 Å². The van der Waals surface area contributed by atoms with E-state index in [0.29, 0.717) is 5.02 Å². The highest BCUT2D eigenvalue weighted by molar-refractivity contribution is 7.99. The maximum Gasteiger partial charge on any atom is 0.186 e. The number of anilines is 2. The largest absolute Gasteiger partial charge is 0.377 e. The summed E-state index contributed by atoms with van der Waals surface area (Å²) in [7, 11) is 0. The summed E-state index contributed by atoms with van der Waals surface area (Å²) in [6, 6.07) is 10.4. The fraction of sp³-hybridized carbons (Fsp3) is 0.300. The average Bonchev–Trinajstić information content (AvgIpc) is 3.28. The van der Waals surface area contributed by atoms with Crippen LogP contribution in [0, 0.1) is 0 Å². The molecule has 0 aliphatic carbocycles. The number of hydrogen-bond donors (Lipinski definition) is 2. The van der Waals surface area contributed by atoms with Gasteiger partial charge in [-0.05, 0) is 30.5 Å². The number of pyridine rings is 1. The molecular formula is C20H20ClN5S2. The Balaban J connectivity index is 1.27. The van der Waals surface area contributed by atoms with Crippen molar-refractivity contribution in [3.8, 4) is 0 Å². The molecular weight excluding hydrogens is 410 g/mol. The Morgan fingerprint density at radius 2 is 2.07 bits per heavy atom. The van der Waals surface area contributed by atoms with Crippen molar-refractivity contribution in [1.82, 2.24) is 9.97 Å². The lowest BCUT2D eigenvalue weighted by Gasteiger charge is -2.42. The van der Waals surface area contributed by atoms with Crippen molar-refractivity contribution < 1.29 is 0 Å². The van der Waals surface area contributed by atoms with Gasteiger partial charge in [-0.2, -0.15) is 0 Å². The van der Waals surface area contributed by atoms with E-state index in [9.17, 15) is 0 Å². The molecule has 0 radical (unpaired) electrons. The van der Waals surface area contributed by atoms with E-state index in [-0.39, 0.29) is 11.6 Å². The zero-order valence-corrected chi connectivity index (χ0v) is 17.5. The third-order valence-electron chi connectivity index (χ3n) is 5.62. The molecule has 0 amide bonds. The second-order valence-electron chi connectivity index (χ2n) is 7.21. The van der Waals surface area contributed by atoms with E-state index in [1.54, 1.807) is 35.5 Å². The summed E-state index contributed by atoms with van der Waals surface area (Å²) in [4.78, 5) is 12.2. The van der Waals surface area contributed by atoms with Gasteiger partial charge in [0.25, 0.3) is 0 Å². The monoisotopic (exact) mass is 429 g/mol. The van der Waals surface area contributed by atoms with Crippen molar-refractivity contribution in [2.75, 3.05) is 23.3 Å². The SMILES string of the molecule is N[C@@H]1c2ccccc2NC12CCN(c1nc(Sc3ccncc3Cl)cs1)CC2. The molecule has 1 aromatic carbocycles. The van der Waals surface area contributed by atoms with Gasteiger partial charge in [0.05, 0.1) is 16.6 Å². The molecule has 4 heterocycles. The summed E-state index contributed by atoms with van der Waals surface area (Å²) in [5.41, 5.74) is 9.01. The Labute approximate surface area is 177 Å². The molecule has 0 unspecified atom stereocenters. The predicted octanol–water partition coefficient (Wildman–Crippen LogP) is 4.81. The molecule has 1 spiro atoms. The van der Waals surface area contributed by atoms with Gasteiger partial charge in [0, 0.05) is 41.4 Å². The number of hydrogen-bond acceptors (Lipinski definition) is 7. The molecule has 144 valence electrons. The van der Waals surface area contributed by atoms with Gasteiger partial charge in [-0.3, -0.25) is 4.98 Å². The molecule has 5 nitrogen and oxygen atoms in total. The Morgan fingerprint density at radius 1 is 1.25 bits per heavy atom. The van der Waals surface area contributed by atoms with E-state index >= 15 is 0 Å². The minimum Gasteiger partial charge on any atom is -0.377 e. The fourth-order valence-electron chi connectivity index (χ4n) is 4.06. The van der Waals surface area contributed by atoms with Crippen molar-refractivity contribution in [3.63, 3.8) is 0 Å². The van der Waals surface area contributed by atoms with E-state index in [2.05, 4.69) is 44.8 Å². The first kappa shape index (κ1) is 18.2. The molecule has 2 aromatic heterocycles. The Hall–Kier alpha value is -1.80. The first-order valence-corrected chi connectivity index (χ1v) is 11.3. The lowest BCUT2D eigenvalue weighted by Crippen LogP contribution is -2.52. The van der Waals surface area contributed by atoms with Crippen LogP contribution in [-0.2, 0) is 0 Å².